The quantitative estimate of drug-likeness (QED) is 0.0477. The molecule has 0 N–H and O–H groups in total. The lowest BCUT2D eigenvalue weighted by Gasteiger charge is -2.33. The van der Waals surface area contributed by atoms with E-state index in [9.17, 15) is 9.59 Å². The third-order valence-electron chi connectivity index (χ3n) is 9.25. The predicted octanol–water partition coefficient (Wildman–Crippen LogP) is 8.28. The van der Waals surface area contributed by atoms with Crippen molar-refractivity contribution in [3.05, 3.63) is 53.1 Å². The summed E-state index contributed by atoms with van der Waals surface area (Å²) in [6.45, 7) is 20.7. The van der Waals surface area contributed by atoms with E-state index in [1.165, 1.54) is 62.1 Å². The average molecular weight is 627 g/mol. The van der Waals surface area contributed by atoms with E-state index in [-0.39, 0.29) is 25.2 Å². The van der Waals surface area contributed by atoms with Crippen LogP contribution in [0, 0.1) is 5.92 Å². The number of epoxide rings is 1. The molecule has 0 aromatic heterocycles. The summed E-state index contributed by atoms with van der Waals surface area (Å²) in [5.41, 5.74) is 4.20. The lowest BCUT2D eigenvalue weighted by atomic mass is 9.76. The topological polar surface area (TPSA) is 74.4 Å². The van der Waals surface area contributed by atoms with Gasteiger partial charge in [-0.2, -0.15) is 0 Å². The van der Waals surface area contributed by atoms with Crippen molar-refractivity contribution in [1.82, 2.24) is 0 Å². The molecule has 246 valence electrons. The monoisotopic (exact) mass is 626 g/mol. The van der Waals surface area contributed by atoms with Crippen LogP contribution in [0.2, 0.25) is 19.1 Å². The largest absolute Gasteiger partial charge is 0.457 e. The van der Waals surface area contributed by atoms with Gasteiger partial charge in [0.25, 0.3) is 0 Å². The van der Waals surface area contributed by atoms with Crippen LogP contribution in [0.1, 0.15) is 114 Å². The van der Waals surface area contributed by atoms with Crippen LogP contribution < -0.4 is 5.19 Å². The maximum absolute atomic E-state index is 12.5. The molecule has 1 aromatic rings. The molecule has 1 aliphatic heterocycles. The Morgan fingerprint density at radius 1 is 0.886 bits per heavy atom. The van der Waals surface area contributed by atoms with E-state index in [1.807, 2.05) is 0 Å². The minimum absolute atomic E-state index is 0.205. The van der Waals surface area contributed by atoms with E-state index in [2.05, 4.69) is 45.3 Å². The molecule has 1 unspecified atom stereocenters. The SMILES string of the molecule is C=C(C)C(=O)OCc1cc(C2CCC(CCCCC)CC2)cc(COC(=O)C(=C)C)c1[Si](C)(C)CCCCCOCC1CO1. The summed E-state index contributed by atoms with van der Waals surface area (Å²) < 4.78 is 22.5. The van der Waals surface area contributed by atoms with Gasteiger partial charge in [0.1, 0.15) is 19.3 Å². The van der Waals surface area contributed by atoms with Gasteiger partial charge in [0.15, 0.2) is 0 Å². The molecule has 0 radical (unpaired) electrons. The van der Waals surface area contributed by atoms with Crippen molar-refractivity contribution in [3.63, 3.8) is 0 Å². The van der Waals surface area contributed by atoms with Crippen molar-refractivity contribution in [2.75, 3.05) is 19.8 Å². The zero-order valence-corrected chi connectivity index (χ0v) is 29.3. The molecule has 6 nitrogen and oxygen atoms in total. The standard InChI is InChI=1S/C37H58O6Si/c1-8-9-11-14-29-15-17-30(18-16-29)31-21-32(23-42-36(38)27(2)3)35(33(22-31)24-43-37(39)28(4)5)44(6,7)20-13-10-12-19-40-25-34-26-41-34/h21-22,29-30,34H,2,4,8-20,23-26H2,1,3,5-7H3. The zero-order chi connectivity index (χ0) is 32.1. The van der Waals surface area contributed by atoms with E-state index < -0.39 is 8.07 Å². The first-order valence-corrected chi connectivity index (χ1v) is 20.2. The maximum Gasteiger partial charge on any atom is 0.333 e. The van der Waals surface area contributed by atoms with Gasteiger partial charge < -0.3 is 18.9 Å². The van der Waals surface area contributed by atoms with Crippen molar-refractivity contribution in [3.8, 4) is 0 Å². The number of rotatable bonds is 20. The fraction of sp³-hybridized carbons (Fsp3) is 0.676. The maximum atomic E-state index is 12.5. The highest BCUT2D eigenvalue weighted by molar-refractivity contribution is 6.90. The Morgan fingerprint density at radius 2 is 1.48 bits per heavy atom. The minimum Gasteiger partial charge on any atom is -0.457 e. The number of ether oxygens (including phenoxy) is 4. The molecule has 1 atom stereocenters. The number of esters is 2. The summed E-state index contributed by atoms with van der Waals surface area (Å²) in [6, 6.07) is 5.69. The first-order valence-electron chi connectivity index (χ1n) is 17.0. The van der Waals surface area contributed by atoms with Crippen LogP contribution in [0.5, 0.6) is 0 Å². The summed E-state index contributed by atoms with van der Waals surface area (Å²) >= 11 is 0. The smallest absolute Gasteiger partial charge is 0.333 e. The van der Waals surface area contributed by atoms with Crippen molar-refractivity contribution < 1.29 is 28.5 Å². The lowest BCUT2D eigenvalue weighted by Crippen LogP contribution is -2.46. The summed E-state index contributed by atoms with van der Waals surface area (Å²) in [5.74, 6) is 0.534. The first-order chi connectivity index (χ1) is 21.0. The highest BCUT2D eigenvalue weighted by Crippen LogP contribution is 2.39. The van der Waals surface area contributed by atoms with Crippen molar-refractivity contribution >= 4 is 25.2 Å². The van der Waals surface area contributed by atoms with Gasteiger partial charge >= 0.3 is 11.9 Å². The summed E-state index contributed by atoms with van der Waals surface area (Å²) in [7, 11) is -2.03. The molecule has 44 heavy (non-hydrogen) atoms. The van der Waals surface area contributed by atoms with Gasteiger partial charge in [0, 0.05) is 17.8 Å². The van der Waals surface area contributed by atoms with Gasteiger partial charge in [0.05, 0.1) is 21.3 Å². The fourth-order valence-electron chi connectivity index (χ4n) is 6.58. The van der Waals surface area contributed by atoms with Gasteiger partial charge in [-0.05, 0) is 79.7 Å². The van der Waals surface area contributed by atoms with Crippen LogP contribution in [0.4, 0.5) is 0 Å². The molecule has 1 aromatic carbocycles. The number of benzene rings is 1. The Balaban J connectivity index is 1.84. The average Bonchev–Trinajstić information content (AvgIpc) is 3.82. The molecule has 1 saturated heterocycles. The molecule has 1 aliphatic carbocycles. The Labute approximate surface area is 268 Å². The molecule has 3 rings (SSSR count). The first kappa shape index (κ1) is 36.2. The normalized spacial score (nSPS) is 19.8. The molecule has 1 saturated carbocycles. The van der Waals surface area contributed by atoms with Crippen LogP contribution in [0.25, 0.3) is 0 Å². The molecule has 0 spiro atoms. The van der Waals surface area contributed by atoms with Gasteiger partial charge in [-0.25, -0.2) is 9.59 Å². The van der Waals surface area contributed by atoms with Crippen LogP contribution in [0.15, 0.2) is 36.4 Å². The summed E-state index contributed by atoms with van der Waals surface area (Å²) in [4.78, 5) is 25.0. The molecule has 0 amide bonds. The molecule has 2 aliphatic rings. The Bertz CT molecular complexity index is 1060. The number of hydrogen-bond donors (Lipinski definition) is 0. The van der Waals surface area contributed by atoms with Crippen molar-refractivity contribution in [2.45, 2.75) is 136 Å². The number of carbonyl (C=O) groups is 2. The van der Waals surface area contributed by atoms with Crippen LogP contribution in [-0.4, -0.2) is 45.9 Å². The van der Waals surface area contributed by atoms with Gasteiger partial charge in [-0.1, -0.05) is 89.9 Å². The third-order valence-corrected chi connectivity index (χ3v) is 12.8. The van der Waals surface area contributed by atoms with E-state index in [0.717, 1.165) is 55.6 Å². The number of unbranched alkanes of at least 4 members (excludes halogenated alkanes) is 4. The van der Waals surface area contributed by atoms with E-state index in [0.29, 0.717) is 29.8 Å². The fourth-order valence-corrected chi connectivity index (χ4v) is 9.99. The second-order valence-corrected chi connectivity index (χ2v) is 18.6. The Hall–Kier alpha value is -2.22. The highest BCUT2D eigenvalue weighted by atomic mass is 28.3. The van der Waals surface area contributed by atoms with E-state index >= 15 is 0 Å². The molecular weight excluding hydrogens is 568 g/mol. The lowest BCUT2D eigenvalue weighted by molar-refractivity contribution is -0.140. The van der Waals surface area contributed by atoms with Gasteiger partial charge in [-0.3, -0.25) is 0 Å². The van der Waals surface area contributed by atoms with E-state index in [1.54, 1.807) is 13.8 Å². The van der Waals surface area contributed by atoms with Gasteiger partial charge in [0.2, 0.25) is 0 Å². The Kier molecular flexibility index (Phi) is 14.9. The molecule has 2 fully saturated rings. The van der Waals surface area contributed by atoms with Gasteiger partial charge in [-0.15, -0.1) is 0 Å². The zero-order valence-electron chi connectivity index (χ0n) is 28.3. The predicted molar refractivity (Wildman–Crippen MR) is 181 cm³/mol. The second kappa shape index (κ2) is 18.1. The van der Waals surface area contributed by atoms with Crippen LogP contribution in [0.3, 0.4) is 0 Å². The second-order valence-electron chi connectivity index (χ2n) is 13.9. The number of hydrogen-bond acceptors (Lipinski definition) is 6. The third kappa shape index (κ3) is 11.9. The van der Waals surface area contributed by atoms with Crippen LogP contribution in [-0.2, 0) is 41.8 Å². The molecule has 1 heterocycles. The van der Waals surface area contributed by atoms with Crippen molar-refractivity contribution in [1.29, 1.82) is 0 Å². The highest BCUT2D eigenvalue weighted by Gasteiger charge is 2.32. The van der Waals surface area contributed by atoms with Crippen LogP contribution >= 0.6 is 0 Å². The minimum atomic E-state index is -2.03. The molecular formula is C37H58O6Si. The Morgan fingerprint density at radius 3 is 2.00 bits per heavy atom. The molecule has 0 bridgehead atoms. The number of carbonyl (C=O) groups excluding carboxylic acids is 2. The molecule has 7 heteroatoms. The van der Waals surface area contributed by atoms with Crippen molar-refractivity contribution in [2.24, 2.45) is 5.92 Å². The van der Waals surface area contributed by atoms with E-state index in [4.69, 9.17) is 18.9 Å². The summed E-state index contributed by atoms with van der Waals surface area (Å²) in [5, 5.41) is 1.25. The summed E-state index contributed by atoms with van der Waals surface area (Å²) in [6.07, 6.45) is 13.6.